The van der Waals surface area contributed by atoms with Crippen LogP contribution < -0.4 is 10.6 Å². The van der Waals surface area contributed by atoms with Crippen LogP contribution in [0.5, 0.6) is 0 Å². The van der Waals surface area contributed by atoms with Crippen LogP contribution in [-0.4, -0.2) is 84.0 Å². The molecular weight excluding hydrogens is 548 g/mol. The first-order valence-electron chi connectivity index (χ1n) is 17.2. The SMILES string of the molecule is O=C(O)CC1CCC(CNC2NC[N+]3(CCCCCCCC3)C(N3CCC[C@H]3C3CCC(C(F)(F)F)CC3)C2F)CC1. The van der Waals surface area contributed by atoms with Gasteiger partial charge in [-0.1, -0.05) is 12.8 Å². The molecule has 3 saturated heterocycles. The molecular formula is C32H55F4N4O2+. The summed E-state index contributed by atoms with van der Waals surface area (Å²) >= 11 is 0. The Morgan fingerprint density at radius 2 is 1.48 bits per heavy atom. The zero-order chi connectivity index (χ0) is 29.7. The van der Waals surface area contributed by atoms with Gasteiger partial charge in [-0.2, -0.15) is 13.2 Å². The number of likely N-dealkylation sites (tertiary alicyclic amines) is 1. The number of rotatable bonds is 7. The molecule has 3 heterocycles. The summed E-state index contributed by atoms with van der Waals surface area (Å²) in [7, 11) is 0. The standard InChI is InChI=1S/C32H54F4N4O2/c33-29-30(37-21-24-11-9-23(10-12-24)20-28(41)42)38-22-40(18-5-3-1-2-4-6-19-40)31(29)39-17-7-8-27(39)25-13-15-26(16-14-25)32(34,35)36/h23-27,29-31,37-38H,1-22H2/p+1/t23?,24?,25?,26?,27-,29?,30?,31?/m0/s1. The van der Waals surface area contributed by atoms with E-state index in [1.54, 1.807) is 0 Å². The van der Waals surface area contributed by atoms with Gasteiger partial charge in [0.2, 0.25) is 0 Å². The average Bonchev–Trinajstić information content (AvgIpc) is 3.47. The lowest BCUT2D eigenvalue weighted by atomic mass is 9.77. The molecule has 42 heavy (non-hydrogen) atoms. The number of carboxylic acids is 1. The third-order valence-corrected chi connectivity index (χ3v) is 11.8. The summed E-state index contributed by atoms with van der Waals surface area (Å²) in [6.07, 6.45) is 8.75. The molecule has 2 saturated carbocycles. The van der Waals surface area contributed by atoms with Gasteiger partial charge < -0.3 is 5.11 Å². The summed E-state index contributed by atoms with van der Waals surface area (Å²) in [4.78, 5) is 13.6. The first-order chi connectivity index (χ1) is 20.2. The number of halogens is 4. The summed E-state index contributed by atoms with van der Waals surface area (Å²) in [5, 5.41) is 16.3. The van der Waals surface area contributed by atoms with E-state index < -0.39 is 30.4 Å². The first kappa shape index (κ1) is 32.4. The number of hydrogen-bond donors (Lipinski definition) is 3. The number of quaternary nitrogens is 1. The van der Waals surface area contributed by atoms with Crippen LogP contribution >= 0.6 is 0 Å². The zero-order valence-corrected chi connectivity index (χ0v) is 25.4. The Bertz CT molecular complexity index is 850. The van der Waals surface area contributed by atoms with E-state index in [-0.39, 0.29) is 43.3 Å². The summed E-state index contributed by atoms with van der Waals surface area (Å²) in [5.41, 5.74) is 0. The molecule has 0 aromatic rings. The minimum Gasteiger partial charge on any atom is -0.481 e. The predicted molar refractivity (Wildman–Crippen MR) is 155 cm³/mol. The van der Waals surface area contributed by atoms with Crippen LogP contribution in [0.3, 0.4) is 0 Å². The third-order valence-electron chi connectivity index (χ3n) is 11.8. The molecule has 3 unspecified atom stereocenters. The maximum atomic E-state index is 17.1. The quantitative estimate of drug-likeness (QED) is 0.232. The first-order valence-corrected chi connectivity index (χ1v) is 17.2. The highest BCUT2D eigenvalue weighted by molar-refractivity contribution is 5.67. The van der Waals surface area contributed by atoms with Crippen molar-refractivity contribution in [1.29, 1.82) is 0 Å². The molecule has 3 aliphatic heterocycles. The maximum Gasteiger partial charge on any atom is 0.391 e. The molecule has 4 atom stereocenters. The van der Waals surface area contributed by atoms with E-state index in [4.69, 9.17) is 5.11 Å². The van der Waals surface area contributed by atoms with Gasteiger partial charge in [0.05, 0.1) is 19.0 Å². The van der Waals surface area contributed by atoms with Crippen molar-refractivity contribution in [2.24, 2.45) is 23.7 Å². The number of carbonyl (C=O) groups is 1. The molecule has 0 aromatic carbocycles. The molecule has 0 bridgehead atoms. The molecule has 0 radical (unpaired) electrons. The Balaban J connectivity index is 1.28. The van der Waals surface area contributed by atoms with Gasteiger partial charge in [-0.3, -0.25) is 19.9 Å². The lowest BCUT2D eigenvalue weighted by Gasteiger charge is -2.56. The van der Waals surface area contributed by atoms with Gasteiger partial charge in [0.25, 0.3) is 0 Å². The highest BCUT2D eigenvalue weighted by Gasteiger charge is 2.55. The van der Waals surface area contributed by atoms with Crippen LogP contribution in [-0.2, 0) is 4.79 Å². The van der Waals surface area contributed by atoms with Crippen molar-refractivity contribution in [2.45, 2.75) is 140 Å². The number of nitrogens with one attached hydrogen (secondary N) is 2. The second-order valence-corrected chi connectivity index (χ2v) is 14.5. The lowest BCUT2D eigenvalue weighted by Crippen LogP contribution is -2.78. The van der Waals surface area contributed by atoms with Gasteiger partial charge in [0.15, 0.2) is 12.3 Å². The Morgan fingerprint density at radius 1 is 0.857 bits per heavy atom. The number of hydrogen-bond acceptors (Lipinski definition) is 4. The highest BCUT2D eigenvalue weighted by atomic mass is 19.4. The lowest BCUT2D eigenvalue weighted by molar-refractivity contribution is -0.973. The predicted octanol–water partition coefficient (Wildman–Crippen LogP) is 6.41. The van der Waals surface area contributed by atoms with Crippen LogP contribution in [0.4, 0.5) is 17.6 Å². The second-order valence-electron chi connectivity index (χ2n) is 14.5. The van der Waals surface area contributed by atoms with E-state index in [1.807, 2.05) is 0 Å². The van der Waals surface area contributed by atoms with E-state index >= 15 is 4.39 Å². The molecule has 5 fully saturated rings. The van der Waals surface area contributed by atoms with E-state index in [0.717, 1.165) is 88.7 Å². The summed E-state index contributed by atoms with van der Waals surface area (Å²) in [6, 6.07) is 0.174. The van der Waals surface area contributed by atoms with Crippen molar-refractivity contribution in [3.63, 3.8) is 0 Å². The smallest absolute Gasteiger partial charge is 0.391 e. The minimum atomic E-state index is -4.11. The van der Waals surface area contributed by atoms with Crippen LogP contribution in [0.15, 0.2) is 0 Å². The third kappa shape index (κ3) is 7.81. The Kier molecular flexibility index (Phi) is 11.1. The minimum absolute atomic E-state index is 0.174. The molecule has 10 heteroatoms. The van der Waals surface area contributed by atoms with Crippen molar-refractivity contribution < 1.29 is 31.9 Å². The average molecular weight is 604 g/mol. The Morgan fingerprint density at radius 3 is 2.10 bits per heavy atom. The molecule has 6 nitrogen and oxygen atoms in total. The van der Waals surface area contributed by atoms with Gasteiger partial charge in [-0.15, -0.1) is 0 Å². The summed E-state index contributed by atoms with van der Waals surface area (Å²) in [5.74, 6) is -0.997. The molecule has 3 N–H and O–H groups in total. The van der Waals surface area contributed by atoms with E-state index in [0.29, 0.717) is 18.8 Å². The van der Waals surface area contributed by atoms with Gasteiger partial charge in [-0.25, -0.2) is 9.29 Å². The molecule has 5 aliphatic rings. The van der Waals surface area contributed by atoms with Crippen LogP contribution in [0.1, 0.15) is 109 Å². The maximum absolute atomic E-state index is 17.1. The normalized spacial score (nSPS) is 39.0. The Labute approximate surface area is 249 Å². The van der Waals surface area contributed by atoms with Crippen LogP contribution in [0.25, 0.3) is 0 Å². The number of nitrogens with zero attached hydrogens (tertiary/aromatic N) is 2. The van der Waals surface area contributed by atoms with Gasteiger partial charge in [-0.05, 0) is 114 Å². The van der Waals surface area contributed by atoms with Gasteiger partial charge in [0, 0.05) is 19.0 Å². The van der Waals surface area contributed by atoms with E-state index in [9.17, 15) is 18.0 Å². The molecule has 242 valence electrons. The molecule has 2 aliphatic carbocycles. The van der Waals surface area contributed by atoms with Crippen molar-refractivity contribution in [2.75, 3.05) is 32.8 Å². The van der Waals surface area contributed by atoms with Crippen molar-refractivity contribution in [1.82, 2.24) is 15.5 Å². The monoisotopic (exact) mass is 603 g/mol. The fourth-order valence-electron chi connectivity index (χ4n) is 9.40. The molecule has 0 aromatic heterocycles. The fraction of sp³-hybridized carbons (Fsp3) is 0.969. The second kappa shape index (κ2) is 14.4. The zero-order valence-electron chi connectivity index (χ0n) is 25.4. The van der Waals surface area contributed by atoms with Gasteiger partial charge >= 0.3 is 12.1 Å². The number of carboxylic acid groups (broad SMARTS) is 1. The van der Waals surface area contributed by atoms with E-state index in [1.165, 1.54) is 25.7 Å². The Hall–Kier alpha value is -0.970. The number of aliphatic carboxylic acids is 1. The van der Waals surface area contributed by atoms with Crippen molar-refractivity contribution in [3.05, 3.63) is 0 Å². The fourth-order valence-corrected chi connectivity index (χ4v) is 9.40. The highest BCUT2D eigenvalue weighted by Crippen LogP contribution is 2.45. The molecule has 5 rings (SSSR count). The summed E-state index contributed by atoms with van der Waals surface area (Å²) in [6.45, 7) is 4.23. The topological polar surface area (TPSA) is 64.6 Å². The number of alkyl halides is 4. The van der Waals surface area contributed by atoms with Gasteiger partial charge in [0.1, 0.15) is 12.8 Å². The van der Waals surface area contributed by atoms with Crippen molar-refractivity contribution >= 4 is 5.97 Å². The van der Waals surface area contributed by atoms with E-state index in [2.05, 4.69) is 15.5 Å². The van der Waals surface area contributed by atoms with Crippen LogP contribution in [0, 0.1) is 23.7 Å². The van der Waals surface area contributed by atoms with Crippen LogP contribution in [0.2, 0.25) is 0 Å². The molecule has 0 amide bonds. The summed E-state index contributed by atoms with van der Waals surface area (Å²) < 4.78 is 58.1. The molecule has 1 spiro atoms. The largest absolute Gasteiger partial charge is 0.481 e. The van der Waals surface area contributed by atoms with Crippen molar-refractivity contribution in [3.8, 4) is 0 Å².